The van der Waals surface area contributed by atoms with Crippen LogP contribution in [0.5, 0.6) is 5.75 Å². The van der Waals surface area contributed by atoms with Crippen molar-refractivity contribution in [2.75, 3.05) is 12.3 Å². The number of carbonyl (C=O) groups is 1. The SMILES string of the molecule is C[C@H](NP(=S)(OC[C@@]1(C#N)O[C@@H](c2ccc3c(N)ncnn23)[C@H](O)[C@@H]1O)Oc1ccccc1)C(=O)O. The van der Waals surface area contributed by atoms with Crippen molar-refractivity contribution in [2.45, 2.75) is 36.9 Å². The van der Waals surface area contributed by atoms with Crippen LogP contribution in [-0.4, -0.2) is 66.3 Å². The van der Waals surface area contributed by atoms with Gasteiger partial charge in [0.2, 0.25) is 5.60 Å². The molecule has 15 heteroatoms. The third-order valence-corrected chi connectivity index (χ3v) is 8.06. The van der Waals surface area contributed by atoms with Crippen LogP contribution < -0.4 is 15.3 Å². The third-order valence-electron chi connectivity index (χ3n) is 5.58. The van der Waals surface area contributed by atoms with Crippen molar-refractivity contribution in [3.8, 4) is 11.8 Å². The number of nitrogens with one attached hydrogen (secondary N) is 1. The molecule has 1 aliphatic heterocycles. The van der Waals surface area contributed by atoms with Gasteiger partial charge >= 0.3 is 12.6 Å². The molecule has 13 nitrogen and oxygen atoms in total. The van der Waals surface area contributed by atoms with Crippen LogP contribution in [0.25, 0.3) is 5.52 Å². The van der Waals surface area contributed by atoms with Crippen molar-refractivity contribution in [3.63, 3.8) is 0 Å². The predicted octanol–water partition coefficient (Wildman–Crippen LogP) is 0.750. The van der Waals surface area contributed by atoms with Gasteiger partial charge in [-0.15, -0.1) is 0 Å². The van der Waals surface area contributed by atoms with E-state index in [1.54, 1.807) is 42.5 Å². The molecule has 1 fully saturated rings. The van der Waals surface area contributed by atoms with Gasteiger partial charge < -0.3 is 34.8 Å². The second-order valence-electron chi connectivity index (χ2n) is 8.04. The molecule has 4 rings (SSSR count). The summed E-state index contributed by atoms with van der Waals surface area (Å²) in [6.45, 7) is -2.88. The number of aliphatic hydroxyl groups is 2. The van der Waals surface area contributed by atoms with Crippen LogP contribution in [0.2, 0.25) is 0 Å². The second-order valence-corrected chi connectivity index (χ2v) is 11.2. The Hall–Kier alpha value is -3.15. The van der Waals surface area contributed by atoms with Crippen LogP contribution in [0.4, 0.5) is 5.82 Å². The highest BCUT2D eigenvalue weighted by atomic mass is 32.5. The average molecular weight is 534 g/mol. The van der Waals surface area contributed by atoms with E-state index in [9.17, 15) is 25.4 Å². The van der Waals surface area contributed by atoms with Gasteiger partial charge in [0.05, 0.1) is 5.69 Å². The number of aliphatic hydroxyl groups excluding tert-OH is 2. The van der Waals surface area contributed by atoms with Crippen molar-refractivity contribution in [2.24, 2.45) is 0 Å². The Labute approximate surface area is 210 Å². The molecule has 1 aromatic carbocycles. The van der Waals surface area contributed by atoms with Crippen LogP contribution in [0.1, 0.15) is 18.7 Å². The third kappa shape index (κ3) is 4.91. The molecule has 3 aromatic rings. The molecule has 1 unspecified atom stereocenters. The van der Waals surface area contributed by atoms with Gasteiger partial charge in [0.25, 0.3) is 0 Å². The molecule has 1 aliphatic rings. The lowest BCUT2D eigenvalue weighted by atomic mass is 9.96. The fourth-order valence-corrected chi connectivity index (χ4v) is 6.08. The first-order chi connectivity index (χ1) is 17.1. The van der Waals surface area contributed by atoms with E-state index in [-0.39, 0.29) is 5.82 Å². The van der Waals surface area contributed by atoms with Gasteiger partial charge in [0, 0.05) is 0 Å². The Bertz CT molecular complexity index is 1350. The number of carboxylic acid groups (broad SMARTS) is 1. The standard InChI is InChI=1S/C21H23N6O7PS/c1-12(20(30)31)26-35(36,34-13-5-3-2-4-6-13)32-10-21(9-22)18(29)16(28)17(33-21)14-7-8-15-19(23)24-11-25-27(14)15/h2-8,11-12,16-18,28-29H,10H2,1H3,(H,26,36)(H,30,31)(H2,23,24,25)/t12-,16-,17-,18-,21+,35?/m0/s1. The molecular weight excluding hydrogens is 511 g/mol. The molecule has 0 bridgehead atoms. The molecule has 6 atom stereocenters. The van der Waals surface area contributed by atoms with Crippen molar-refractivity contribution < 1.29 is 33.9 Å². The van der Waals surface area contributed by atoms with E-state index in [4.69, 9.17) is 31.3 Å². The number of nitrogens with two attached hydrogens (primary N) is 1. The number of benzene rings is 1. The topological polar surface area (TPSA) is 197 Å². The number of carboxylic acids is 1. The van der Waals surface area contributed by atoms with E-state index in [0.29, 0.717) is 17.0 Å². The first kappa shape index (κ1) is 25.9. The number of aliphatic carboxylic acids is 1. The van der Waals surface area contributed by atoms with Crippen LogP contribution >= 0.6 is 6.64 Å². The van der Waals surface area contributed by atoms with Crippen LogP contribution in [0.15, 0.2) is 48.8 Å². The highest BCUT2D eigenvalue weighted by Crippen LogP contribution is 2.48. The first-order valence-electron chi connectivity index (χ1n) is 10.6. The Balaban J connectivity index is 1.61. The number of nitrogens with zero attached hydrogens (tertiary/aromatic N) is 4. The number of nitriles is 1. The summed E-state index contributed by atoms with van der Waals surface area (Å²) in [5.41, 5.74) is 4.56. The Morgan fingerprint density at radius 2 is 2.11 bits per heavy atom. The molecule has 36 heavy (non-hydrogen) atoms. The summed E-state index contributed by atoms with van der Waals surface area (Å²) in [5, 5.41) is 47.7. The first-order valence-corrected chi connectivity index (χ1v) is 13.3. The van der Waals surface area contributed by atoms with Crippen molar-refractivity contribution in [1.29, 1.82) is 5.26 Å². The molecule has 0 amide bonds. The normalized spacial score (nSPS) is 26.2. The lowest BCUT2D eigenvalue weighted by molar-refractivity contribution is -0.138. The van der Waals surface area contributed by atoms with Crippen molar-refractivity contribution >= 4 is 35.8 Å². The zero-order chi connectivity index (χ0) is 26.1. The molecule has 0 spiro atoms. The smallest absolute Gasteiger partial charge is 0.320 e. The van der Waals surface area contributed by atoms with E-state index in [1.807, 2.05) is 6.07 Å². The number of fused-ring (bicyclic) bond motifs is 1. The lowest BCUT2D eigenvalue weighted by Crippen LogP contribution is -2.46. The van der Waals surface area contributed by atoms with Gasteiger partial charge in [0.1, 0.15) is 54.6 Å². The summed E-state index contributed by atoms with van der Waals surface area (Å²) in [7, 11) is 0. The molecule has 0 saturated carbocycles. The average Bonchev–Trinajstić information content (AvgIpc) is 3.39. The Morgan fingerprint density at radius 3 is 2.78 bits per heavy atom. The van der Waals surface area contributed by atoms with Gasteiger partial charge in [-0.05, 0) is 43.0 Å². The predicted molar refractivity (Wildman–Crippen MR) is 129 cm³/mol. The summed E-state index contributed by atoms with van der Waals surface area (Å²) in [4.78, 5) is 15.3. The minimum absolute atomic E-state index is 0.191. The summed E-state index contributed by atoms with van der Waals surface area (Å²) >= 11 is 5.51. The Morgan fingerprint density at radius 1 is 1.39 bits per heavy atom. The van der Waals surface area contributed by atoms with E-state index in [1.165, 1.54) is 17.8 Å². The molecule has 0 radical (unpaired) electrons. The monoisotopic (exact) mass is 534 g/mol. The summed E-state index contributed by atoms with van der Waals surface area (Å²) in [6, 6.07) is 12.2. The van der Waals surface area contributed by atoms with Gasteiger partial charge in [-0.2, -0.15) is 10.4 Å². The summed E-state index contributed by atoms with van der Waals surface area (Å²) < 4.78 is 18.8. The fourth-order valence-electron chi connectivity index (χ4n) is 3.66. The van der Waals surface area contributed by atoms with Gasteiger partial charge in [-0.25, -0.2) is 14.6 Å². The molecular formula is C21H23N6O7PS. The minimum atomic E-state index is -3.59. The maximum atomic E-state index is 11.4. The van der Waals surface area contributed by atoms with E-state index in [2.05, 4.69) is 15.2 Å². The summed E-state index contributed by atoms with van der Waals surface area (Å²) in [5.74, 6) is -0.704. The summed E-state index contributed by atoms with van der Waals surface area (Å²) in [6.07, 6.45) is -3.22. The molecule has 3 heterocycles. The number of hydrogen-bond donors (Lipinski definition) is 5. The second kappa shape index (κ2) is 10.1. The number of nitrogen functional groups attached to an aromatic ring is 1. The number of aromatic nitrogens is 3. The van der Waals surface area contributed by atoms with E-state index in [0.717, 1.165) is 0 Å². The van der Waals surface area contributed by atoms with E-state index >= 15 is 0 Å². The Kier molecular flexibility index (Phi) is 7.26. The maximum absolute atomic E-state index is 11.4. The highest BCUT2D eigenvalue weighted by molar-refractivity contribution is 8.09. The zero-order valence-corrected chi connectivity index (χ0v) is 20.5. The largest absolute Gasteiger partial charge is 0.480 e. The number of para-hydroxylation sites is 1. The lowest BCUT2D eigenvalue weighted by Gasteiger charge is -2.30. The fraction of sp³-hybridized carbons (Fsp3) is 0.333. The van der Waals surface area contributed by atoms with Gasteiger partial charge in [-0.1, -0.05) is 18.2 Å². The van der Waals surface area contributed by atoms with Gasteiger partial charge in [-0.3, -0.25) is 4.79 Å². The molecule has 6 N–H and O–H groups in total. The highest BCUT2D eigenvalue weighted by Gasteiger charge is 2.57. The number of hydrogen-bond acceptors (Lipinski definition) is 11. The maximum Gasteiger partial charge on any atom is 0.320 e. The molecule has 190 valence electrons. The van der Waals surface area contributed by atoms with Crippen molar-refractivity contribution in [1.82, 2.24) is 19.7 Å². The number of anilines is 1. The van der Waals surface area contributed by atoms with Gasteiger partial charge in [0.15, 0.2) is 5.82 Å². The number of ether oxygens (including phenoxy) is 1. The van der Waals surface area contributed by atoms with E-state index < -0.39 is 49.2 Å². The van der Waals surface area contributed by atoms with Crippen LogP contribution in [-0.2, 0) is 25.9 Å². The number of rotatable bonds is 9. The van der Waals surface area contributed by atoms with Crippen LogP contribution in [0.3, 0.4) is 0 Å². The minimum Gasteiger partial charge on any atom is -0.480 e. The molecule has 2 aromatic heterocycles. The quantitative estimate of drug-likeness (QED) is 0.241. The van der Waals surface area contributed by atoms with Crippen molar-refractivity contribution in [3.05, 3.63) is 54.5 Å². The molecule has 1 saturated heterocycles. The molecule has 0 aliphatic carbocycles. The zero-order valence-electron chi connectivity index (χ0n) is 18.8. The van der Waals surface area contributed by atoms with Crippen LogP contribution in [0, 0.1) is 11.3 Å².